The molecule has 0 spiro atoms. The van der Waals surface area contributed by atoms with E-state index in [9.17, 15) is 4.39 Å². The first-order chi connectivity index (χ1) is 19.0. The van der Waals surface area contributed by atoms with E-state index in [1.165, 1.54) is 18.9 Å². The van der Waals surface area contributed by atoms with Crippen molar-refractivity contribution in [3.63, 3.8) is 0 Å². The highest BCUT2D eigenvalue weighted by Crippen LogP contribution is 2.40. The molecular weight excluding hydrogens is 496 g/mol. The molecule has 6 nitrogen and oxygen atoms in total. The molecule has 0 aliphatic carbocycles. The van der Waals surface area contributed by atoms with Crippen LogP contribution in [0.15, 0.2) is 42.6 Å². The Morgan fingerprint density at radius 3 is 2.59 bits per heavy atom. The molecular formula is C31H33F2N5O. The lowest BCUT2D eigenvalue weighted by atomic mass is 9.95. The van der Waals surface area contributed by atoms with Crippen molar-refractivity contribution in [1.29, 1.82) is 0 Å². The molecule has 5 heterocycles. The van der Waals surface area contributed by atoms with E-state index >= 15 is 4.39 Å². The van der Waals surface area contributed by atoms with Gasteiger partial charge in [0.15, 0.2) is 5.82 Å². The van der Waals surface area contributed by atoms with Gasteiger partial charge in [-0.3, -0.25) is 9.88 Å². The Hall–Kier alpha value is -3.39. The summed E-state index contributed by atoms with van der Waals surface area (Å²) in [6.45, 7) is 6.61. The summed E-state index contributed by atoms with van der Waals surface area (Å²) < 4.78 is 37.7. The second kappa shape index (κ2) is 9.66. The second-order valence-electron chi connectivity index (χ2n) is 11.6. The summed E-state index contributed by atoms with van der Waals surface area (Å²) >= 11 is 0. The van der Waals surface area contributed by atoms with Gasteiger partial charge in [-0.2, -0.15) is 9.97 Å². The highest BCUT2D eigenvalue weighted by molar-refractivity contribution is 5.99. The summed E-state index contributed by atoms with van der Waals surface area (Å²) in [5.74, 6) is 0.184. The quantitative estimate of drug-likeness (QED) is 0.300. The van der Waals surface area contributed by atoms with Gasteiger partial charge >= 0.3 is 6.01 Å². The number of nitrogens with zero attached hydrogens (tertiary/aromatic N) is 5. The molecule has 0 saturated carbocycles. The van der Waals surface area contributed by atoms with E-state index in [2.05, 4.69) is 26.7 Å². The molecule has 3 aliphatic heterocycles. The molecule has 39 heavy (non-hydrogen) atoms. The van der Waals surface area contributed by atoms with Crippen molar-refractivity contribution in [2.45, 2.75) is 51.0 Å². The van der Waals surface area contributed by atoms with Gasteiger partial charge in [-0.1, -0.05) is 37.3 Å². The fourth-order valence-corrected chi connectivity index (χ4v) is 7.05. The van der Waals surface area contributed by atoms with Crippen molar-refractivity contribution < 1.29 is 13.5 Å². The molecule has 7 rings (SSSR count). The number of ether oxygens (including phenoxy) is 1. The highest BCUT2D eigenvalue weighted by atomic mass is 19.1. The summed E-state index contributed by atoms with van der Waals surface area (Å²) in [4.78, 5) is 18.7. The third kappa shape index (κ3) is 4.20. The van der Waals surface area contributed by atoms with Crippen molar-refractivity contribution in [3.05, 3.63) is 54.2 Å². The van der Waals surface area contributed by atoms with Gasteiger partial charge in [0.2, 0.25) is 0 Å². The molecule has 3 aliphatic rings. The summed E-state index contributed by atoms with van der Waals surface area (Å²) in [5, 5.41) is 1.60. The molecule has 1 unspecified atom stereocenters. The number of piperidine rings is 1. The SMILES string of the molecule is CC1CCCN(c2nc(OCC34CCCN3CCC4)nc3c(F)c(-c4cccc5cccc(F)c45)ncc23)C1. The maximum atomic E-state index is 16.4. The van der Waals surface area contributed by atoms with Gasteiger partial charge < -0.3 is 9.64 Å². The van der Waals surface area contributed by atoms with Gasteiger partial charge in [-0.15, -0.1) is 0 Å². The zero-order valence-corrected chi connectivity index (χ0v) is 22.3. The van der Waals surface area contributed by atoms with Gasteiger partial charge in [0.05, 0.1) is 10.9 Å². The lowest BCUT2D eigenvalue weighted by Crippen LogP contribution is -2.43. The summed E-state index contributed by atoms with van der Waals surface area (Å²) in [6.07, 6.45) is 8.39. The van der Waals surface area contributed by atoms with Gasteiger partial charge in [-0.05, 0) is 69.0 Å². The maximum Gasteiger partial charge on any atom is 0.319 e. The van der Waals surface area contributed by atoms with Gasteiger partial charge in [0.1, 0.15) is 29.5 Å². The largest absolute Gasteiger partial charge is 0.461 e. The minimum atomic E-state index is -0.580. The first kappa shape index (κ1) is 24.6. The Labute approximate surface area is 227 Å². The number of benzene rings is 2. The van der Waals surface area contributed by atoms with Crippen LogP contribution in [0.5, 0.6) is 6.01 Å². The lowest BCUT2D eigenvalue weighted by molar-refractivity contribution is 0.108. The standard InChI is InChI=1S/C31H33F2N5O/c1-20-7-4-14-37(18-20)29-23-17-34-27(22-10-2-8-21-9-3-11-24(32)25(21)22)26(33)28(23)35-30(36-29)39-19-31-12-5-15-38(31)16-6-13-31/h2-3,8-11,17,20H,4-7,12-16,18-19H2,1H3. The number of hydrogen-bond acceptors (Lipinski definition) is 6. The molecule has 4 aromatic rings. The maximum absolute atomic E-state index is 16.4. The molecule has 202 valence electrons. The van der Waals surface area contributed by atoms with Crippen LogP contribution in [-0.2, 0) is 0 Å². The highest BCUT2D eigenvalue weighted by Gasteiger charge is 2.45. The van der Waals surface area contributed by atoms with Crippen LogP contribution < -0.4 is 9.64 Å². The second-order valence-corrected chi connectivity index (χ2v) is 11.6. The first-order valence-corrected chi connectivity index (χ1v) is 14.2. The number of pyridine rings is 1. The van der Waals surface area contributed by atoms with Gasteiger partial charge in [-0.25, -0.2) is 8.78 Å². The van der Waals surface area contributed by atoms with Crippen LogP contribution in [0.1, 0.15) is 45.4 Å². The predicted molar refractivity (Wildman–Crippen MR) is 149 cm³/mol. The van der Waals surface area contributed by atoms with Crippen molar-refractivity contribution >= 4 is 27.5 Å². The molecule has 3 fully saturated rings. The predicted octanol–water partition coefficient (Wildman–Crippen LogP) is 6.37. The monoisotopic (exact) mass is 529 g/mol. The van der Waals surface area contributed by atoms with E-state index in [-0.39, 0.29) is 22.8 Å². The molecule has 8 heteroatoms. The molecule has 1 atom stereocenters. The zero-order chi connectivity index (χ0) is 26.6. The van der Waals surface area contributed by atoms with Crippen molar-refractivity contribution in [2.75, 3.05) is 37.7 Å². The smallest absolute Gasteiger partial charge is 0.319 e. The molecule has 0 N–H and O–H groups in total. The Kier molecular flexibility index (Phi) is 6.10. The Morgan fingerprint density at radius 2 is 1.79 bits per heavy atom. The van der Waals surface area contributed by atoms with E-state index in [0.717, 1.165) is 51.9 Å². The number of rotatable bonds is 5. The normalized spacial score (nSPS) is 21.1. The average molecular weight is 530 g/mol. The van der Waals surface area contributed by atoms with E-state index in [1.54, 1.807) is 24.4 Å². The summed E-state index contributed by atoms with van der Waals surface area (Å²) in [6, 6.07) is 10.4. The molecule has 3 saturated heterocycles. The molecule has 0 radical (unpaired) electrons. The van der Waals surface area contributed by atoms with Crippen molar-refractivity contribution in [2.24, 2.45) is 5.92 Å². The van der Waals surface area contributed by atoms with Crippen LogP contribution in [0.2, 0.25) is 0 Å². The minimum Gasteiger partial charge on any atom is -0.461 e. The van der Waals surface area contributed by atoms with Crippen LogP contribution in [-0.4, -0.2) is 58.2 Å². The van der Waals surface area contributed by atoms with Crippen LogP contribution in [0.25, 0.3) is 32.9 Å². The Morgan fingerprint density at radius 1 is 1.00 bits per heavy atom. The van der Waals surface area contributed by atoms with Gasteiger partial charge in [0.25, 0.3) is 0 Å². The lowest BCUT2D eigenvalue weighted by Gasteiger charge is -2.33. The van der Waals surface area contributed by atoms with Crippen LogP contribution in [0.3, 0.4) is 0 Å². The van der Waals surface area contributed by atoms with Crippen molar-refractivity contribution in [1.82, 2.24) is 19.9 Å². The molecule has 2 aromatic carbocycles. The number of halogens is 2. The van der Waals surface area contributed by atoms with E-state index in [0.29, 0.717) is 40.1 Å². The van der Waals surface area contributed by atoms with E-state index in [4.69, 9.17) is 9.72 Å². The third-order valence-electron chi connectivity index (χ3n) is 8.99. The van der Waals surface area contributed by atoms with Crippen LogP contribution >= 0.6 is 0 Å². The number of anilines is 1. The number of fused-ring (bicyclic) bond motifs is 3. The van der Waals surface area contributed by atoms with Crippen LogP contribution in [0, 0.1) is 17.6 Å². The number of hydrogen-bond donors (Lipinski definition) is 0. The van der Waals surface area contributed by atoms with E-state index < -0.39 is 11.6 Å². The number of aromatic nitrogens is 3. The summed E-state index contributed by atoms with van der Waals surface area (Å²) in [7, 11) is 0. The van der Waals surface area contributed by atoms with Gasteiger partial charge in [0, 0.05) is 30.2 Å². The summed E-state index contributed by atoms with van der Waals surface area (Å²) in [5.41, 5.74) is 0.683. The molecule has 2 aromatic heterocycles. The average Bonchev–Trinajstić information content (AvgIpc) is 3.53. The minimum absolute atomic E-state index is 0.0283. The fourth-order valence-electron chi connectivity index (χ4n) is 7.05. The van der Waals surface area contributed by atoms with Crippen LogP contribution in [0.4, 0.5) is 14.6 Å². The molecule has 0 amide bonds. The Balaban J connectivity index is 1.35. The topological polar surface area (TPSA) is 54.4 Å². The third-order valence-corrected chi connectivity index (χ3v) is 8.99. The first-order valence-electron chi connectivity index (χ1n) is 14.2. The fraction of sp³-hybridized carbons (Fsp3) is 0.452. The zero-order valence-electron chi connectivity index (χ0n) is 22.3. The van der Waals surface area contributed by atoms with Crippen molar-refractivity contribution in [3.8, 4) is 17.3 Å². The Bertz CT molecular complexity index is 1540. The molecule has 0 bridgehead atoms. The van der Waals surface area contributed by atoms with E-state index in [1.807, 2.05) is 12.1 Å².